The molecule has 0 radical (unpaired) electrons. The minimum Gasteiger partial charge on any atom is -0.497 e. The Labute approximate surface area is 104 Å². The quantitative estimate of drug-likeness (QED) is 0.825. The average Bonchev–Trinajstić information content (AvgIpc) is 2.34. The summed E-state index contributed by atoms with van der Waals surface area (Å²) in [7, 11) is 3.39. The zero-order valence-electron chi connectivity index (χ0n) is 11.4. The summed E-state index contributed by atoms with van der Waals surface area (Å²) in [6.07, 6.45) is 0. The first-order chi connectivity index (χ1) is 8.08. The van der Waals surface area contributed by atoms with E-state index in [-0.39, 0.29) is 0 Å². The summed E-state index contributed by atoms with van der Waals surface area (Å²) in [5, 5.41) is 3.44. The zero-order chi connectivity index (χ0) is 12.8. The fourth-order valence-electron chi connectivity index (χ4n) is 1.75. The monoisotopic (exact) mass is 237 g/mol. The molecule has 0 aliphatic heterocycles. The Hall–Kier alpha value is -1.22. The summed E-state index contributed by atoms with van der Waals surface area (Å²) in [4.78, 5) is 0. The first-order valence-corrected chi connectivity index (χ1v) is 6.03. The van der Waals surface area contributed by atoms with Gasteiger partial charge in [0.15, 0.2) is 0 Å². The minimum atomic E-state index is 0.391. The Balaban J connectivity index is 2.85. The van der Waals surface area contributed by atoms with Crippen LogP contribution in [0.3, 0.4) is 0 Å². The number of rotatable bonds is 6. The fraction of sp³-hybridized carbons (Fsp3) is 0.571. The number of ether oxygens (including phenoxy) is 2. The van der Waals surface area contributed by atoms with E-state index in [9.17, 15) is 0 Å². The van der Waals surface area contributed by atoms with Crippen molar-refractivity contribution in [1.29, 1.82) is 0 Å². The number of hydrogen-bond donors (Lipinski definition) is 1. The number of methoxy groups -OCH3 is 2. The lowest BCUT2D eigenvalue weighted by atomic mass is 9.99. The van der Waals surface area contributed by atoms with Crippen LogP contribution < -0.4 is 14.8 Å². The van der Waals surface area contributed by atoms with Gasteiger partial charge in [0.05, 0.1) is 14.2 Å². The molecule has 0 aliphatic carbocycles. The maximum atomic E-state index is 5.39. The zero-order valence-corrected chi connectivity index (χ0v) is 11.4. The smallest absolute Gasteiger partial charge is 0.122 e. The molecule has 0 saturated heterocycles. The van der Waals surface area contributed by atoms with Gasteiger partial charge >= 0.3 is 0 Å². The third-order valence-corrected chi connectivity index (χ3v) is 2.80. The molecule has 1 atom stereocenters. The SMILES string of the molecule is COc1ccc(OC)c(C(C)CNC(C)C)c1. The second-order valence-electron chi connectivity index (χ2n) is 4.57. The molecule has 17 heavy (non-hydrogen) atoms. The molecule has 0 spiro atoms. The van der Waals surface area contributed by atoms with Crippen molar-refractivity contribution < 1.29 is 9.47 Å². The lowest BCUT2D eigenvalue weighted by Crippen LogP contribution is -2.27. The molecule has 1 rings (SSSR count). The van der Waals surface area contributed by atoms with Gasteiger partial charge in [0, 0.05) is 18.2 Å². The average molecular weight is 237 g/mol. The van der Waals surface area contributed by atoms with E-state index in [1.54, 1.807) is 14.2 Å². The molecule has 96 valence electrons. The maximum Gasteiger partial charge on any atom is 0.122 e. The molecule has 3 nitrogen and oxygen atoms in total. The van der Waals surface area contributed by atoms with E-state index < -0.39 is 0 Å². The van der Waals surface area contributed by atoms with Crippen LogP contribution in [0, 0.1) is 0 Å². The highest BCUT2D eigenvalue weighted by atomic mass is 16.5. The van der Waals surface area contributed by atoms with Crippen LogP contribution in [0.25, 0.3) is 0 Å². The van der Waals surface area contributed by atoms with E-state index in [2.05, 4.69) is 26.1 Å². The van der Waals surface area contributed by atoms with E-state index >= 15 is 0 Å². The summed E-state index contributed by atoms with van der Waals surface area (Å²) >= 11 is 0. The van der Waals surface area contributed by atoms with Crippen LogP contribution in [0.2, 0.25) is 0 Å². The molecule has 3 heteroatoms. The molecule has 0 saturated carbocycles. The van der Waals surface area contributed by atoms with Gasteiger partial charge in [-0.3, -0.25) is 0 Å². The van der Waals surface area contributed by atoms with Crippen LogP contribution >= 0.6 is 0 Å². The molecule has 0 fully saturated rings. The molecule has 0 heterocycles. The third-order valence-electron chi connectivity index (χ3n) is 2.80. The van der Waals surface area contributed by atoms with Crippen LogP contribution in [0.1, 0.15) is 32.3 Å². The lowest BCUT2D eigenvalue weighted by Gasteiger charge is -2.18. The Morgan fingerprint density at radius 1 is 1.12 bits per heavy atom. The summed E-state index contributed by atoms with van der Waals surface area (Å²) in [5.41, 5.74) is 1.18. The van der Waals surface area contributed by atoms with Crippen molar-refractivity contribution in [3.63, 3.8) is 0 Å². The van der Waals surface area contributed by atoms with Crippen molar-refractivity contribution >= 4 is 0 Å². The van der Waals surface area contributed by atoms with Gasteiger partial charge in [-0.25, -0.2) is 0 Å². The molecule has 1 N–H and O–H groups in total. The van der Waals surface area contributed by atoms with Crippen LogP contribution in [-0.4, -0.2) is 26.8 Å². The highest BCUT2D eigenvalue weighted by Gasteiger charge is 2.12. The molecule has 1 unspecified atom stereocenters. The lowest BCUT2D eigenvalue weighted by molar-refractivity contribution is 0.394. The van der Waals surface area contributed by atoms with Gasteiger partial charge in [0.1, 0.15) is 11.5 Å². The highest BCUT2D eigenvalue weighted by molar-refractivity contribution is 5.42. The van der Waals surface area contributed by atoms with Crippen molar-refractivity contribution in [3.05, 3.63) is 23.8 Å². The van der Waals surface area contributed by atoms with E-state index in [4.69, 9.17) is 9.47 Å². The largest absolute Gasteiger partial charge is 0.497 e. The standard InChI is InChI=1S/C14H23NO2/c1-10(2)15-9-11(3)13-8-12(16-4)6-7-14(13)17-5/h6-8,10-11,15H,9H2,1-5H3. The van der Waals surface area contributed by atoms with Crippen molar-refractivity contribution in [2.75, 3.05) is 20.8 Å². The normalized spacial score (nSPS) is 12.6. The van der Waals surface area contributed by atoms with Gasteiger partial charge < -0.3 is 14.8 Å². The number of benzene rings is 1. The summed E-state index contributed by atoms with van der Waals surface area (Å²) in [6, 6.07) is 6.42. The Kier molecular flexibility index (Phi) is 5.29. The topological polar surface area (TPSA) is 30.5 Å². The van der Waals surface area contributed by atoms with E-state index in [1.165, 1.54) is 5.56 Å². The highest BCUT2D eigenvalue weighted by Crippen LogP contribution is 2.30. The van der Waals surface area contributed by atoms with Gasteiger partial charge in [-0.05, 0) is 24.1 Å². The molecular weight excluding hydrogens is 214 g/mol. The van der Waals surface area contributed by atoms with Gasteiger partial charge in [-0.2, -0.15) is 0 Å². The molecule has 0 aliphatic rings. The maximum absolute atomic E-state index is 5.39. The molecular formula is C14H23NO2. The fourth-order valence-corrected chi connectivity index (χ4v) is 1.75. The minimum absolute atomic E-state index is 0.391. The van der Waals surface area contributed by atoms with Crippen LogP contribution in [0.5, 0.6) is 11.5 Å². The van der Waals surface area contributed by atoms with Gasteiger partial charge in [-0.1, -0.05) is 20.8 Å². The molecule has 1 aromatic carbocycles. The first-order valence-electron chi connectivity index (χ1n) is 6.03. The summed E-state index contributed by atoms with van der Waals surface area (Å²) in [6.45, 7) is 7.42. The molecule has 0 aromatic heterocycles. The first kappa shape index (κ1) is 13.8. The molecule has 1 aromatic rings. The van der Waals surface area contributed by atoms with Crippen molar-refractivity contribution in [2.24, 2.45) is 0 Å². The van der Waals surface area contributed by atoms with E-state index in [0.29, 0.717) is 12.0 Å². The van der Waals surface area contributed by atoms with Crippen molar-refractivity contribution in [1.82, 2.24) is 5.32 Å². The molecule has 0 bridgehead atoms. The van der Waals surface area contributed by atoms with Gasteiger partial charge in [-0.15, -0.1) is 0 Å². The van der Waals surface area contributed by atoms with Gasteiger partial charge in [0.2, 0.25) is 0 Å². The van der Waals surface area contributed by atoms with Crippen LogP contribution in [-0.2, 0) is 0 Å². The predicted molar refractivity (Wildman–Crippen MR) is 71.1 cm³/mol. The van der Waals surface area contributed by atoms with Crippen LogP contribution in [0.4, 0.5) is 0 Å². The second-order valence-corrected chi connectivity index (χ2v) is 4.57. The van der Waals surface area contributed by atoms with Crippen LogP contribution in [0.15, 0.2) is 18.2 Å². The van der Waals surface area contributed by atoms with Crippen molar-refractivity contribution in [3.8, 4) is 11.5 Å². The van der Waals surface area contributed by atoms with Crippen molar-refractivity contribution in [2.45, 2.75) is 32.7 Å². The predicted octanol–water partition coefficient (Wildman–Crippen LogP) is 2.81. The third kappa shape index (κ3) is 3.93. The van der Waals surface area contributed by atoms with Gasteiger partial charge in [0.25, 0.3) is 0 Å². The Morgan fingerprint density at radius 3 is 2.35 bits per heavy atom. The molecule has 0 amide bonds. The number of hydrogen-bond acceptors (Lipinski definition) is 3. The summed E-state index contributed by atoms with van der Waals surface area (Å²) in [5.74, 6) is 2.18. The van der Waals surface area contributed by atoms with E-state index in [1.807, 2.05) is 18.2 Å². The Morgan fingerprint density at radius 2 is 1.82 bits per heavy atom. The number of nitrogens with one attached hydrogen (secondary N) is 1. The second kappa shape index (κ2) is 6.50. The summed E-state index contributed by atoms with van der Waals surface area (Å²) < 4.78 is 10.6. The van der Waals surface area contributed by atoms with E-state index in [0.717, 1.165) is 18.0 Å². The Bertz CT molecular complexity index is 350.